The Morgan fingerprint density at radius 2 is 0.926 bits per heavy atom. The molecule has 95 heavy (non-hydrogen) atoms. The first-order valence-electron chi connectivity index (χ1n) is 36.6. The summed E-state index contributed by atoms with van der Waals surface area (Å²) in [6, 6.07) is 2.19. The molecule has 10 unspecified atom stereocenters. The molecule has 3 heterocycles. The third-order valence-corrected chi connectivity index (χ3v) is 17.3. The maximum Gasteiger partial charge on any atom is 0.225 e. The molecule has 0 aromatic rings. The lowest BCUT2D eigenvalue weighted by atomic mass is 10.1. The lowest BCUT2D eigenvalue weighted by molar-refractivity contribution is -0.139. The quantitative estimate of drug-likeness (QED) is 0.0660. The predicted octanol–water partition coefficient (Wildman–Crippen LogP) is 12.3. The molecular weight excluding hydrogens is 1200 g/mol. The van der Waals surface area contributed by atoms with Crippen LogP contribution in [0.4, 0.5) is 0 Å². The van der Waals surface area contributed by atoms with Crippen LogP contribution >= 0.6 is 0 Å². The second kappa shape index (κ2) is 65.9. The Bertz CT molecular complexity index is 1970. The van der Waals surface area contributed by atoms with Crippen LogP contribution < -0.4 is 21.7 Å². The third-order valence-electron chi connectivity index (χ3n) is 17.3. The molecule has 3 aliphatic rings. The van der Waals surface area contributed by atoms with Gasteiger partial charge >= 0.3 is 0 Å². The Kier molecular flexibility index (Phi) is 71.6. The second-order valence-electron chi connectivity index (χ2n) is 25.9. The molecule has 0 radical (unpaired) electrons. The Morgan fingerprint density at radius 3 is 1.20 bits per heavy atom. The van der Waals surface area contributed by atoms with Crippen LogP contribution in [0.1, 0.15) is 283 Å². The summed E-state index contributed by atoms with van der Waals surface area (Å²) in [5.41, 5.74) is 4.91. The molecule has 5 N–H and O–H groups in total. The van der Waals surface area contributed by atoms with Crippen LogP contribution in [0.2, 0.25) is 0 Å². The van der Waals surface area contributed by atoms with Crippen molar-refractivity contribution in [2.45, 2.75) is 319 Å². The van der Waals surface area contributed by atoms with E-state index in [0.717, 1.165) is 136 Å². The summed E-state index contributed by atoms with van der Waals surface area (Å²) in [4.78, 5) is 120. The number of amides is 10. The molecule has 564 valence electrons. The van der Waals surface area contributed by atoms with Gasteiger partial charge in [0.2, 0.25) is 59.6 Å². The maximum atomic E-state index is 11.6. The van der Waals surface area contributed by atoms with E-state index in [1.165, 1.54) is 19.8 Å². The molecule has 10 atom stereocenters. The zero-order valence-electron chi connectivity index (χ0n) is 66.7. The molecule has 3 fully saturated rings. The fourth-order valence-corrected chi connectivity index (χ4v) is 8.03. The molecular formula is C74H152N10O11. The van der Waals surface area contributed by atoms with Crippen molar-refractivity contribution in [3.8, 4) is 0 Å². The number of rotatable bonds is 24. The molecule has 0 saturated carbocycles. The molecule has 0 spiro atoms. The van der Waals surface area contributed by atoms with E-state index in [2.05, 4.69) is 50.6 Å². The van der Waals surface area contributed by atoms with Crippen molar-refractivity contribution >= 4 is 59.6 Å². The van der Waals surface area contributed by atoms with Crippen molar-refractivity contribution in [3.63, 3.8) is 0 Å². The van der Waals surface area contributed by atoms with Crippen LogP contribution in [0, 0.1) is 29.6 Å². The van der Waals surface area contributed by atoms with E-state index in [-0.39, 0.29) is 77.0 Å². The van der Waals surface area contributed by atoms with Crippen LogP contribution in [0.25, 0.3) is 0 Å². The molecule has 3 saturated heterocycles. The Labute approximate surface area is 583 Å². The summed E-state index contributed by atoms with van der Waals surface area (Å²) < 4.78 is 5.17. The topological polar surface area (TPSA) is 261 Å². The predicted molar refractivity (Wildman–Crippen MR) is 395 cm³/mol. The van der Waals surface area contributed by atoms with Gasteiger partial charge in [-0.2, -0.15) is 0 Å². The van der Waals surface area contributed by atoms with Gasteiger partial charge in [0.25, 0.3) is 0 Å². The number of nitrogens with zero attached hydrogens (tertiary/aromatic N) is 6. The summed E-state index contributed by atoms with van der Waals surface area (Å²) in [6.07, 6.45) is 16.6. The van der Waals surface area contributed by atoms with E-state index in [0.29, 0.717) is 55.2 Å². The SMILES string of the molecule is CCC(C)C(=O)N(C)C.CCC(C)C(=O)N(CC)CC.CCC(C)C(=O)N1CCOCC1.CCC(C)C(=O)NC(C)C.CCC(C)C(N)=O.CCC(C)N(C)C(C)=O.CCC(C)N1CCCC1=O.CCC(C)N1CCCCCC1=O.CCC(C)NC(C)=O.CCC(C)NC=O. The van der Waals surface area contributed by atoms with E-state index >= 15 is 0 Å². The highest BCUT2D eigenvalue weighted by molar-refractivity contribution is 5.80. The average Bonchev–Trinajstić information content (AvgIpc) is 2.09. The van der Waals surface area contributed by atoms with Gasteiger partial charge in [-0.25, -0.2) is 0 Å². The van der Waals surface area contributed by atoms with Crippen molar-refractivity contribution in [1.82, 2.24) is 45.3 Å². The summed E-state index contributed by atoms with van der Waals surface area (Å²) in [7, 11) is 5.40. The number of likely N-dealkylation sites (tertiary alicyclic amines) is 2. The van der Waals surface area contributed by atoms with Gasteiger partial charge in [-0.15, -0.1) is 0 Å². The fraction of sp³-hybridized carbons (Fsp3) is 0.865. The first-order valence-corrected chi connectivity index (χ1v) is 36.6. The van der Waals surface area contributed by atoms with Crippen molar-refractivity contribution in [1.29, 1.82) is 0 Å². The van der Waals surface area contributed by atoms with Gasteiger partial charge in [0.1, 0.15) is 0 Å². The van der Waals surface area contributed by atoms with Crippen LogP contribution in [-0.4, -0.2) is 199 Å². The third kappa shape index (κ3) is 57.4. The molecule has 0 aromatic heterocycles. The van der Waals surface area contributed by atoms with Gasteiger partial charge in [-0.05, 0) is 146 Å². The molecule has 21 nitrogen and oxygen atoms in total. The average molecular weight is 1360 g/mol. The summed E-state index contributed by atoms with van der Waals surface area (Å²) in [5.74, 6) is 2.39. The van der Waals surface area contributed by atoms with Crippen molar-refractivity contribution in [3.05, 3.63) is 0 Å². The number of ether oxygens (including phenoxy) is 1. The molecule has 21 heteroatoms. The normalized spacial score (nSPS) is 16.0. The molecule has 3 aliphatic heterocycles. The van der Waals surface area contributed by atoms with Gasteiger partial charge in [0, 0.05) is 153 Å². The van der Waals surface area contributed by atoms with Crippen LogP contribution in [0.3, 0.4) is 0 Å². The van der Waals surface area contributed by atoms with Gasteiger partial charge in [0.15, 0.2) is 0 Å². The van der Waals surface area contributed by atoms with Crippen LogP contribution in [0.5, 0.6) is 0 Å². The zero-order valence-corrected chi connectivity index (χ0v) is 66.7. The maximum absolute atomic E-state index is 11.6. The highest BCUT2D eigenvalue weighted by Gasteiger charge is 2.24. The molecule has 10 amide bonds. The van der Waals surface area contributed by atoms with Gasteiger partial charge in [0.05, 0.1) is 13.2 Å². The number of hydrogen-bond acceptors (Lipinski definition) is 11. The van der Waals surface area contributed by atoms with Gasteiger partial charge < -0.3 is 55.8 Å². The number of carbonyl (C=O) groups excluding carboxylic acids is 10. The number of nitrogens with two attached hydrogens (primary N) is 1. The van der Waals surface area contributed by atoms with E-state index in [9.17, 15) is 47.9 Å². The smallest absolute Gasteiger partial charge is 0.225 e. The van der Waals surface area contributed by atoms with Crippen molar-refractivity contribution < 1.29 is 52.7 Å². The highest BCUT2D eigenvalue weighted by Crippen LogP contribution is 2.16. The van der Waals surface area contributed by atoms with E-state index < -0.39 is 0 Å². The Morgan fingerprint density at radius 1 is 0.505 bits per heavy atom. The van der Waals surface area contributed by atoms with E-state index in [1.807, 2.05) is 158 Å². The lowest BCUT2D eigenvalue weighted by Gasteiger charge is -2.28. The summed E-state index contributed by atoms with van der Waals surface area (Å²) in [6.45, 7) is 58.1. The van der Waals surface area contributed by atoms with Gasteiger partial charge in [-0.1, -0.05) is 110 Å². The lowest BCUT2D eigenvalue weighted by Crippen LogP contribution is -2.43. The first kappa shape index (κ1) is 103. The van der Waals surface area contributed by atoms with Crippen molar-refractivity contribution in [2.24, 2.45) is 35.3 Å². The Balaban J connectivity index is -0.000000182. The second-order valence-corrected chi connectivity index (χ2v) is 25.9. The summed E-state index contributed by atoms with van der Waals surface area (Å²) >= 11 is 0. The molecule has 0 aliphatic carbocycles. The number of nitrogens with one attached hydrogen (secondary N) is 3. The van der Waals surface area contributed by atoms with E-state index in [1.54, 1.807) is 30.8 Å². The molecule has 3 rings (SSSR count). The number of morpholine rings is 1. The minimum atomic E-state index is -0.206. The zero-order chi connectivity index (χ0) is 75.5. The molecule has 0 aromatic carbocycles. The highest BCUT2D eigenvalue weighted by atomic mass is 16.5. The number of hydrogen-bond donors (Lipinski definition) is 4. The van der Waals surface area contributed by atoms with Gasteiger partial charge in [-0.3, -0.25) is 47.9 Å². The monoisotopic (exact) mass is 1360 g/mol. The minimum Gasteiger partial charge on any atom is -0.378 e. The van der Waals surface area contributed by atoms with Crippen molar-refractivity contribution in [2.75, 3.05) is 73.6 Å². The first-order chi connectivity index (χ1) is 44.3. The molecule has 0 bridgehead atoms. The van der Waals surface area contributed by atoms with E-state index in [4.69, 9.17) is 10.5 Å². The minimum absolute atomic E-state index is 0.0417. The number of primary amides is 1. The Hall–Kier alpha value is -5.34. The van der Waals surface area contributed by atoms with Crippen LogP contribution in [-0.2, 0) is 52.7 Å². The van der Waals surface area contributed by atoms with Crippen LogP contribution in [0.15, 0.2) is 0 Å². The largest absolute Gasteiger partial charge is 0.378 e. The fourth-order valence-electron chi connectivity index (χ4n) is 8.03. The number of carbonyl (C=O) groups is 10. The standard InChI is InChI=1S/C10H19NO.C9H17NO2.C9H19NO.C8H15NO.C8H17NO.2C7H15NO.C6H13NO.2C5H11NO/c1-3-9(2)11-8-6-4-5-7-10(11)12;1-3-8(2)9(11)10-4-6-12-7-5-10;1-5-8(4)9(11)10(6-2)7-3;1-3-7(2)9-6-4-5-8(9)10;1-5-7(4)8(10)9-6(2)3;1-5-6(2)7(9)8(3)4;1-5-6(2)8(4)7(3)9;1-4-5(2)7-6(3)8;1-3-5(2)6-4-7;1-3-4(2)5(6)7/h9H,3-8H2,1-2H3;8H,3-7H2,1-2H3;8H,5-7H2,1-4H3;7H,3-6H2,1-2H3;6-7H,5H2,1-4H3,(H,9,10);2*6H,5H2,1-4H3;5H,4H2,1-3H3,(H,7,8);4-5H,3H2,1-2H3,(H,6,7);4H,3H2,1-2H3,(H2,6,7). The summed E-state index contributed by atoms with van der Waals surface area (Å²) in [5, 5.41) is 8.22.